The fraction of sp³-hybridized carbons (Fsp3) is 0.636. The molecular formula is C11H17BrN4O. The van der Waals surface area contributed by atoms with Crippen LogP contribution in [0.25, 0.3) is 0 Å². The smallest absolute Gasteiger partial charge is 0.148 e. The summed E-state index contributed by atoms with van der Waals surface area (Å²) in [7, 11) is 1.83. The van der Waals surface area contributed by atoms with Gasteiger partial charge in [0.15, 0.2) is 0 Å². The number of rotatable bonds is 5. The minimum Gasteiger partial charge on any atom is -0.395 e. The molecule has 2 rings (SSSR count). The third-order valence-corrected chi connectivity index (χ3v) is 3.87. The van der Waals surface area contributed by atoms with Crippen molar-refractivity contribution < 1.29 is 5.11 Å². The highest BCUT2D eigenvalue weighted by Crippen LogP contribution is 2.34. The first-order valence-electron chi connectivity index (χ1n) is 5.83. The lowest BCUT2D eigenvalue weighted by molar-refractivity contribution is 0.283. The molecule has 0 aliphatic heterocycles. The van der Waals surface area contributed by atoms with Crippen LogP contribution < -0.4 is 10.2 Å². The van der Waals surface area contributed by atoms with E-state index in [0.29, 0.717) is 12.6 Å². The first-order chi connectivity index (χ1) is 8.27. The van der Waals surface area contributed by atoms with Crippen molar-refractivity contribution in [2.45, 2.75) is 25.3 Å². The molecule has 17 heavy (non-hydrogen) atoms. The van der Waals surface area contributed by atoms with Crippen molar-refractivity contribution in [1.29, 1.82) is 0 Å². The van der Waals surface area contributed by atoms with Crippen molar-refractivity contribution in [1.82, 2.24) is 9.97 Å². The zero-order valence-corrected chi connectivity index (χ0v) is 11.4. The molecule has 1 aliphatic rings. The molecule has 0 spiro atoms. The number of halogens is 1. The third kappa shape index (κ3) is 2.52. The van der Waals surface area contributed by atoms with Gasteiger partial charge in [-0.2, -0.15) is 0 Å². The third-order valence-electron chi connectivity index (χ3n) is 3.14. The molecule has 1 saturated carbocycles. The molecule has 1 aromatic heterocycles. The molecule has 0 radical (unpaired) electrons. The van der Waals surface area contributed by atoms with Gasteiger partial charge in [0.2, 0.25) is 0 Å². The van der Waals surface area contributed by atoms with Crippen LogP contribution in [-0.4, -0.2) is 41.3 Å². The second-order valence-electron chi connectivity index (χ2n) is 4.11. The lowest BCUT2D eigenvalue weighted by atomic mass is 9.91. The van der Waals surface area contributed by atoms with Crippen LogP contribution in [0.4, 0.5) is 11.6 Å². The van der Waals surface area contributed by atoms with E-state index >= 15 is 0 Å². The predicted molar refractivity (Wildman–Crippen MR) is 71.3 cm³/mol. The van der Waals surface area contributed by atoms with Crippen molar-refractivity contribution in [3.8, 4) is 0 Å². The molecule has 1 fully saturated rings. The second-order valence-corrected chi connectivity index (χ2v) is 4.90. The maximum absolute atomic E-state index is 9.17. The standard InChI is InChI=1S/C11H17BrN4O/c1-13-10-9(12)11(15-7-14-10)16(5-6-17)8-3-2-4-8/h7-8,17H,2-6H2,1H3,(H,13,14,15). The van der Waals surface area contributed by atoms with Gasteiger partial charge in [0.05, 0.1) is 6.61 Å². The number of aromatic nitrogens is 2. The summed E-state index contributed by atoms with van der Waals surface area (Å²) in [5.41, 5.74) is 0. The Kier molecular flexibility index (Phi) is 4.17. The highest BCUT2D eigenvalue weighted by molar-refractivity contribution is 9.10. The molecule has 2 N–H and O–H groups in total. The second kappa shape index (κ2) is 5.64. The number of hydrogen-bond donors (Lipinski definition) is 2. The Morgan fingerprint density at radius 1 is 1.53 bits per heavy atom. The van der Waals surface area contributed by atoms with E-state index in [4.69, 9.17) is 5.11 Å². The van der Waals surface area contributed by atoms with Gasteiger partial charge in [-0.25, -0.2) is 9.97 Å². The topological polar surface area (TPSA) is 61.3 Å². The molecule has 1 heterocycles. The summed E-state index contributed by atoms with van der Waals surface area (Å²) in [5.74, 6) is 1.64. The number of aliphatic hydroxyl groups is 1. The van der Waals surface area contributed by atoms with Gasteiger partial charge in [-0.3, -0.25) is 0 Å². The Bertz CT molecular complexity index is 384. The van der Waals surface area contributed by atoms with Gasteiger partial charge in [-0.1, -0.05) is 0 Å². The normalized spacial score (nSPS) is 15.5. The van der Waals surface area contributed by atoms with Gasteiger partial charge in [-0.05, 0) is 35.2 Å². The van der Waals surface area contributed by atoms with Crippen LogP contribution in [0.15, 0.2) is 10.8 Å². The highest BCUT2D eigenvalue weighted by Gasteiger charge is 2.27. The van der Waals surface area contributed by atoms with E-state index in [2.05, 4.69) is 36.1 Å². The average molecular weight is 301 g/mol. The molecule has 5 nitrogen and oxygen atoms in total. The minimum absolute atomic E-state index is 0.141. The first-order valence-corrected chi connectivity index (χ1v) is 6.63. The van der Waals surface area contributed by atoms with Crippen molar-refractivity contribution in [3.63, 3.8) is 0 Å². The van der Waals surface area contributed by atoms with Crippen LogP contribution in [0.3, 0.4) is 0 Å². The van der Waals surface area contributed by atoms with E-state index in [-0.39, 0.29) is 6.61 Å². The molecular weight excluding hydrogens is 284 g/mol. The van der Waals surface area contributed by atoms with Gasteiger partial charge in [0.1, 0.15) is 22.4 Å². The minimum atomic E-state index is 0.141. The molecule has 1 aromatic rings. The van der Waals surface area contributed by atoms with Gasteiger partial charge in [0.25, 0.3) is 0 Å². The zero-order valence-electron chi connectivity index (χ0n) is 9.86. The molecule has 6 heteroatoms. The Morgan fingerprint density at radius 2 is 2.29 bits per heavy atom. The highest BCUT2D eigenvalue weighted by atomic mass is 79.9. The summed E-state index contributed by atoms with van der Waals surface area (Å²) < 4.78 is 0.864. The lowest BCUT2D eigenvalue weighted by Gasteiger charge is -2.38. The average Bonchev–Trinajstić information content (AvgIpc) is 2.26. The van der Waals surface area contributed by atoms with Gasteiger partial charge >= 0.3 is 0 Å². The van der Waals surface area contributed by atoms with Crippen LogP contribution in [0.2, 0.25) is 0 Å². The van der Waals surface area contributed by atoms with Crippen LogP contribution in [0, 0.1) is 0 Å². The monoisotopic (exact) mass is 300 g/mol. The number of aliphatic hydroxyl groups excluding tert-OH is 1. The lowest BCUT2D eigenvalue weighted by Crippen LogP contribution is -2.42. The fourth-order valence-electron chi connectivity index (χ4n) is 2.00. The molecule has 0 saturated heterocycles. The van der Waals surface area contributed by atoms with Crippen LogP contribution in [-0.2, 0) is 0 Å². The molecule has 0 aromatic carbocycles. The number of hydrogen-bond acceptors (Lipinski definition) is 5. The Hall–Kier alpha value is -0.880. The molecule has 0 unspecified atom stereocenters. The van der Waals surface area contributed by atoms with E-state index in [1.165, 1.54) is 19.3 Å². The molecule has 0 atom stereocenters. The summed E-state index contributed by atoms with van der Waals surface area (Å²) in [6.07, 6.45) is 5.15. The Labute approximate surface area is 109 Å². The van der Waals surface area contributed by atoms with Gasteiger partial charge in [0, 0.05) is 19.6 Å². The van der Waals surface area contributed by atoms with E-state index in [0.717, 1.165) is 16.1 Å². The van der Waals surface area contributed by atoms with Crippen molar-refractivity contribution in [2.75, 3.05) is 30.4 Å². The van der Waals surface area contributed by atoms with Gasteiger partial charge in [-0.15, -0.1) is 0 Å². The quantitative estimate of drug-likeness (QED) is 0.865. The maximum atomic E-state index is 9.17. The number of nitrogens with one attached hydrogen (secondary N) is 1. The van der Waals surface area contributed by atoms with Crippen LogP contribution in [0.5, 0.6) is 0 Å². The molecule has 94 valence electrons. The number of anilines is 2. The molecule has 1 aliphatic carbocycles. The van der Waals surface area contributed by atoms with Gasteiger partial charge < -0.3 is 15.3 Å². The van der Waals surface area contributed by atoms with Crippen LogP contribution in [0.1, 0.15) is 19.3 Å². The summed E-state index contributed by atoms with van der Waals surface area (Å²) in [6, 6.07) is 0.498. The summed E-state index contributed by atoms with van der Waals surface area (Å²) in [5, 5.41) is 12.2. The molecule has 0 bridgehead atoms. The summed E-state index contributed by atoms with van der Waals surface area (Å²) in [4.78, 5) is 10.6. The molecule has 0 amide bonds. The fourth-order valence-corrected chi connectivity index (χ4v) is 2.63. The zero-order chi connectivity index (χ0) is 12.3. The van der Waals surface area contributed by atoms with E-state index in [1.54, 1.807) is 6.33 Å². The van der Waals surface area contributed by atoms with E-state index in [1.807, 2.05) is 7.05 Å². The predicted octanol–water partition coefficient (Wildman–Crippen LogP) is 1.63. The first kappa shape index (κ1) is 12.6. The van der Waals surface area contributed by atoms with Crippen molar-refractivity contribution >= 4 is 27.6 Å². The van der Waals surface area contributed by atoms with Crippen molar-refractivity contribution in [3.05, 3.63) is 10.8 Å². The Balaban J connectivity index is 2.28. The van der Waals surface area contributed by atoms with Crippen molar-refractivity contribution in [2.24, 2.45) is 0 Å². The van der Waals surface area contributed by atoms with E-state index < -0.39 is 0 Å². The SMILES string of the molecule is CNc1ncnc(N(CCO)C2CCC2)c1Br. The Morgan fingerprint density at radius 3 is 2.82 bits per heavy atom. The number of nitrogens with zero attached hydrogens (tertiary/aromatic N) is 3. The van der Waals surface area contributed by atoms with Crippen LogP contribution >= 0.6 is 15.9 Å². The largest absolute Gasteiger partial charge is 0.395 e. The maximum Gasteiger partial charge on any atom is 0.148 e. The summed E-state index contributed by atoms with van der Waals surface area (Å²) in [6.45, 7) is 0.755. The van der Waals surface area contributed by atoms with E-state index in [9.17, 15) is 0 Å². The summed E-state index contributed by atoms with van der Waals surface area (Å²) >= 11 is 3.52.